The summed E-state index contributed by atoms with van der Waals surface area (Å²) in [5.74, 6) is 1.69. The zero-order chi connectivity index (χ0) is 22.5. The standard InChI is InChI=1S/C23H31N3O5S/c27-20-3-2-18(26-4-1-5-32(26,30)31)9-19(20)25-22(29)14-24-21(28)13-23-10-15-6-16(11-23)8-17(7-15)12-23/h2-3,9,15-17,27H,1,4-8,10-14H2,(H,24,28)(H,25,29). The van der Waals surface area contributed by atoms with Crippen LogP contribution in [0.4, 0.5) is 11.4 Å². The second-order valence-corrected chi connectivity index (χ2v) is 12.4. The summed E-state index contributed by atoms with van der Waals surface area (Å²) in [6.07, 6.45) is 8.41. The first-order valence-electron chi connectivity index (χ1n) is 11.6. The van der Waals surface area contributed by atoms with Crippen LogP contribution in [-0.2, 0) is 19.6 Å². The molecule has 5 aliphatic rings. The fourth-order valence-corrected chi connectivity index (χ4v) is 8.55. The van der Waals surface area contributed by atoms with Crippen molar-refractivity contribution in [3.63, 3.8) is 0 Å². The number of phenols is 1. The molecule has 174 valence electrons. The largest absolute Gasteiger partial charge is 0.506 e. The maximum Gasteiger partial charge on any atom is 0.243 e. The average molecular weight is 462 g/mol. The third-order valence-corrected chi connectivity index (χ3v) is 9.66. The van der Waals surface area contributed by atoms with E-state index in [-0.39, 0.29) is 35.1 Å². The summed E-state index contributed by atoms with van der Waals surface area (Å²) in [6, 6.07) is 4.33. The van der Waals surface area contributed by atoms with E-state index in [4.69, 9.17) is 0 Å². The summed E-state index contributed by atoms with van der Waals surface area (Å²) >= 11 is 0. The Labute approximate surface area is 188 Å². The van der Waals surface area contributed by atoms with Crippen LogP contribution in [0.2, 0.25) is 0 Å². The fourth-order valence-electron chi connectivity index (χ4n) is 6.99. The lowest BCUT2D eigenvalue weighted by molar-refractivity contribution is -0.131. The second-order valence-electron chi connectivity index (χ2n) is 10.4. The maximum absolute atomic E-state index is 12.6. The molecule has 1 saturated heterocycles. The predicted molar refractivity (Wildman–Crippen MR) is 121 cm³/mol. The summed E-state index contributed by atoms with van der Waals surface area (Å²) in [4.78, 5) is 25.1. The SMILES string of the molecule is O=C(CC12CC3CC(CC(C3)C1)C2)NCC(=O)Nc1cc(N2CCCS2(=O)=O)ccc1O. The minimum absolute atomic E-state index is 0.0886. The zero-order valence-corrected chi connectivity index (χ0v) is 19.0. The molecule has 8 nitrogen and oxygen atoms in total. The molecule has 9 heteroatoms. The highest BCUT2D eigenvalue weighted by Gasteiger charge is 2.51. The molecule has 5 fully saturated rings. The van der Waals surface area contributed by atoms with Gasteiger partial charge in [-0.15, -0.1) is 0 Å². The molecule has 32 heavy (non-hydrogen) atoms. The van der Waals surface area contributed by atoms with Crippen LogP contribution in [0.3, 0.4) is 0 Å². The Morgan fingerprint density at radius 2 is 1.72 bits per heavy atom. The minimum atomic E-state index is -3.36. The fraction of sp³-hybridized carbons (Fsp3) is 0.652. The van der Waals surface area contributed by atoms with E-state index in [0.29, 0.717) is 25.1 Å². The predicted octanol–water partition coefficient (Wildman–Crippen LogP) is 2.59. The summed E-state index contributed by atoms with van der Waals surface area (Å²) in [7, 11) is -3.36. The number of carbonyl (C=O) groups excluding carboxylic acids is 2. The first-order valence-corrected chi connectivity index (χ1v) is 13.2. The molecule has 0 atom stereocenters. The molecule has 0 unspecified atom stereocenters. The van der Waals surface area contributed by atoms with Crippen LogP contribution < -0.4 is 14.9 Å². The Balaban J connectivity index is 1.17. The molecule has 0 radical (unpaired) electrons. The first-order chi connectivity index (χ1) is 15.2. The Morgan fingerprint density at radius 3 is 2.31 bits per heavy atom. The number of hydrogen-bond acceptors (Lipinski definition) is 5. The van der Waals surface area contributed by atoms with Crippen molar-refractivity contribution < 1.29 is 23.1 Å². The number of hydrogen-bond donors (Lipinski definition) is 3. The van der Waals surface area contributed by atoms with E-state index in [1.54, 1.807) is 0 Å². The van der Waals surface area contributed by atoms with Crippen LogP contribution in [0.25, 0.3) is 0 Å². The van der Waals surface area contributed by atoms with E-state index in [9.17, 15) is 23.1 Å². The molecule has 1 aromatic carbocycles. The quantitative estimate of drug-likeness (QED) is 0.563. The molecule has 3 N–H and O–H groups in total. The van der Waals surface area contributed by atoms with Crippen molar-refractivity contribution in [2.45, 2.75) is 51.4 Å². The van der Waals surface area contributed by atoms with Crippen LogP contribution in [0.5, 0.6) is 5.75 Å². The van der Waals surface area contributed by atoms with Gasteiger partial charge in [0.15, 0.2) is 0 Å². The monoisotopic (exact) mass is 461 g/mol. The van der Waals surface area contributed by atoms with Crippen molar-refractivity contribution in [2.24, 2.45) is 23.2 Å². The van der Waals surface area contributed by atoms with Gasteiger partial charge < -0.3 is 15.7 Å². The molecular weight excluding hydrogens is 430 g/mol. The first kappa shape index (κ1) is 21.6. The lowest BCUT2D eigenvalue weighted by Crippen LogP contribution is -2.48. The Morgan fingerprint density at radius 1 is 1.06 bits per heavy atom. The van der Waals surface area contributed by atoms with Gasteiger partial charge in [-0.05, 0) is 86.3 Å². The van der Waals surface area contributed by atoms with E-state index in [1.165, 1.54) is 41.8 Å². The number of anilines is 2. The molecule has 4 saturated carbocycles. The molecule has 4 bridgehead atoms. The number of aromatic hydroxyl groups is 1. The molecule has 1 heterocycles. The molecule has 6 rings (SSSR count). The van der Waals surface area contributed by atoms with Crippen LogP contribution >= 0.6 is 0 Å². The average Bonchev–Trinajstić information content (AvgIpc) is 3.06. The van der Waals surface area contributed by atoms with Crippen molar-refractivity contribution >= 4 is 33.2 Å². The molecule has 1 aliphatic heterocycles. The zero-order valence-electron chi connectivity index (χ0n) is 18.2. The highest BCUT2D eigenvalue weighted by molar-refractivity contribution is 7.93. The van der Waals surface area contributed by atoms with Gasteiger partial charge in [-0.1, -0.05) is 0 Å². The van der Waals surface area contributed by atoms with E-state index >= 15 is 0 Å². The summed E-state index contributed by atoms with van der Waals surface area (Å²) in [5, 5.41) is 15.4. The number of benzene rings is 1. The Bertz CT molecular complexity index is 1000. The number of amides is 2. The maximum atomic E-state index is 12.6. The number of carbonyl (C=O) groups is 2. The van der Waals surface area contributed by atoms with Gasteiger partial charge in [0.1, 0.15) is 5.75 Å². The molecule has 0 aromatic heterocycles. The topological polar surface area (TPSA) is 116 Å². The van der Waals surface area contributed by atoms with Gasteiger partial charge >= 0.3 is 0 Å². The van der Waals surface area contributed by atoms with E-state index < -0.39 is 15.9 Å². The summed E-state index contributed by atoms with van der Waals surface area (Å²) < 4.78 is 25.6. The summed E-state index contributed by atoms with van der Waals surface area (Å²) in [6.45, 7) is 0.192. The van der Waals surface area contributed by atoms with Crippen LogP contribution in [0.1, 0.15) is 51.4 Å². The van der Waals surface area contributed by atoms with Gasteiger partial charge in [-0.3, -0.25) is 13.9 Å². The molecular formula is C23H31N3O5S. The van der Waals surface area contributed by atoms with Gasteiger partial charge in [-0.25, -0.2) is 8.42 Å². The third kappa shape index (κ3) is 4.19. The van der Waals surface area contributed by atoms with Gasteiger partial charge in [0, 0.05) is 13.0 Å². The van der Waals surface area contributed by atoms with E-state index in [0.717, 1.165) is 37.0 Å². The molecule has 2 amide bonds. The Kier molecular flexibility index (Phi) is 5.34. The molecule has 1 aromatic rings. The summed E-state index contributed by atoms with van der Waals surface area (Å²) in [5.41, 5.74) is 0.648. The van der Waals surface area contributed by atoms with Gasteiger partial charge in [-0.2, -0.15) is 0 Å². The molecule has 0 spiro atoms. The highest BCUT2D eigenvalue weighted by atomic mass is 32.2. The third-order valence-electron chi connectivity index (χ3n) is 7.79. The normalized spacial score (nSPS) is 32.1. The van der Waals surface area contributed by atoms with E-state index in [1.807, 2.05) is 0 Å². The van der Waals surface area contributed by atoms with Gasteiger partial charge in [0.25, 0.3) is 0 Å². The van der Waals surface area contributed by atoms with Gasteiger partial charge in [0.05, 0.1) is 23.7 Å². The highest BCUT2D eigenvalue weighted by Crippen LogP contribution is 2.61. The van der Waals surface area contributed by atoms with E-state index in [2.05, 4.69) is 10.6 Å². The van der Waals surface area contributed by atoms with Crippen molar-refractivity contribution in [3.05, 3.63) is 18.2 Å². The minimum Gasteiger partial charge on any atom is -0.506 e. The van der Waals surface area contributed by atoms with Crippen LogP contribution in [0.15, 0.2) is 18.2 Å². The van der Waals surface area contributed by atoms with Crippen molar-refractivity contribution in [3.8, 4) is 5.75 Å². The Hall–Kier alpha value is -2.29. The number of nitrogens with zero attached hydrogens (tertiary/aromatic N) is 1. The van der Waals surface area contributed by atoms with Gasteiger partial charge in [0.2, 0.25) is 21.8 Å². The van der Waals surface area contributed by atoms with Crippen molar-refractivity contribution in [1.82, 2.24) is 5.32 Å². The van der Waals surface area contributed by atoms with Crippen LogP contribution in [0, 0.1) is 23.2 Å². The lowest BCUT2D eigenvalue weighted by atomic mass is 9.49. The second kappa shape index (κ2) is 7.93. The number of sulfonamides is 1. The smallest absolute Gasteiger partial charge is 0.243 e. The number of phenolic OH excluding ortho intramolecular Hbond substituents is 1. The van der Waals surface area contributed by atoms with Crippen LogP contribution in [-0.4, -0.2) is 44.2 Å². The molecule has 4 aliphatic carbocycles. The number of nitrogens with one attached hydrogen (secondary N) is 2. The number of rotatable bonds is 6. The lowest BCUT2D eigenvalue weighted by Gasteiger charge is -2.56. The van der Waals surface area contributed by atoms with Crippen molar-refractivity contribution in [1.29, 1.82) is 0 Å². The van der Waals surface area contributed by atoms with Crippen molar-refractivity contribution in [2.75, 3.05) is 28.5 Å².